The molecule has 150 valence electrons. The lowest BCUT2D eigenvalue weighted by molar-refractivity contribution is -0.144. The number of benzene rings is 1. The summed E-state index contributed by atoms with van der Waals surface area (Å²) in [7, 11) is 0. The van der Waals surface area contributed by atoms with E-state index < -0.39 is 23.8 Å². The Balaban J connectivity index is 1.83. The van der Waals surface area contributed by atoms with Crippen LogP contribution in [0.4, 0.5) is 4.39 Å². The fraction of sp³-hybridized carbons (Fsp3) is 0.500. The molecule has 0 amide bonds. The quantitative estimate of drug-likeness (QED) is 0.587. The van der Waals surface area contributed by atoms with Gasteiger partial charge in [0.25, 0.3) is 0 Å². The molecule has 0 bridgehead atoms. The van der Waals surface area contributed by atoms with Crippen LogP contribution in [0.3, 0.4) is 0 Å². The smallest absolute Gasteiger partial charge is 0.327 e. The molecule has 1 aromatic heterocycles. The van der Waals surface area contributed by atoms with Gasteiger partial charge in [0.05, 0.1) is 19.1 Å². The minimum absolute atomic E-state index is 0.124. The number of ether oxygens (including phenoxy) is 1. The van der Waals surface area contributed by atoms with Crippen LogP contribution in [0.2, 0.25) is 0 Å². The van der Waals surface area contributed by atoms with Crippen molar-refractivity contribution < 1.29 is 23.8 Å². The van der Waals surface area contributed by atoms with E-state index >= 15 is 0 Å². The van der Waals surface area contributed by atoms with Crippen LogP contribution in [-0.2, 0) is 20.9 Å². The molecule has 28 heavy (non-hydrogen) atoms. The van der Waals surface area contributed by atoms with Crippen molar-refractivity contribution in [2.24, 2.45) is 5.92 Å². The monoisotopic (exact) mass is 391 g/mol. The summed E-state index contributed by atoms with van der Waals surface area (Å²) < 4.78 is 19.6. The second-order valence-electron chi connectivity index (χ2n) is 6.68. The lowest BCUT2D eigenvalue weighted by atomic mass is 10.0. The minimum atomic E-state index is -0.984. The third kappa shape index (κ3) is 5.10. The number of rotatable bonds is 10. The molecular formula is C18H22FN5O4. The molecule has 2 unspecified atom stereocenters. The van der Waals surface area contributed by atoms with Crippen molar-refractivity contribution in [1.29, 1.82) is 0 Å². The van der Waals surface area contributed by atoms with Crippen molar-refractivity contribution in [1.82, 2.24) is 25.5 Å². The normalized spacial score (nSPS) is 15.8. The average Bonchev–Trinajstić information content (AvgIpc) is 3.39. The number of nitrogens with zero attached hydrogens (tertiary/aromatic N) is 4. The van der Waals surface area contributed by atoms with Gasteiger partial charge in [-0.05, 0) is 53.8 Å². The van der Waals surface area contributed by atoms with Crippen LogP contribution in [-0.4, -0.2) is 43.9 Å². The number of carboxylic acids is 1. The highest BCUT2D eigenvalue weighted by Gasteiger charge is 2.38. The first-order valence-corrected chi connectivity index (χ1v) is 9.13. The fourth-order valence-electron chi connectivity index (χ4n) is 3.09. The van der Waals surface area contributed by atoms with Gasteiger partial charge in [-0.3, -0.25) is 14.9 Å². The van der Waals surface area contributed by atoms with Gasteiger partial charge in [0.1, 0.15) is 12.4 Å². The van der Waals surface area contributed by atoms with E-state index in [1.807, 2.05) is 0 Å². The topological polar surface area (TPSA) is 119 Å². The van der Waals surface area contributed by atoms with E-state index in [4.69, 9.17) is 4.74 Å². The van der Waals surface area contributed by atoms with Crippen molar-refractivity contribution in [3.8, 4) is 0 Å². The third-order valence-electron chi connectivity index (χ3n) is 4.55. The Morgan fingerprint density at radius 1 is 1.36 bits per heavy atom. The number of hydrogen-bond donors (Lipinski definition) is 2. The SMILES string of the molecule is CCOC(=O)Cn1nnnc1C(NC(CC(=O)O)c1ccc(F)cc1)C1CC1. The summed E-state index contributed by atoms with van der Waals surface area (Å²) in [6, 6.07) is 4.81. The van der Waals surface area contributed by atoms with Gasteiger partial charge in [-0.15, -0.1) is 5.10 Å². The summed E-state index contributed by atoms with van der Waals surface area (Å²) in [6.45, 7) is 1.85. The predicted molar refractivity (Wildman–Crippen MR) is 94.4 cm³/mol. The molecule has 1 aromatic carbocycles. The van der Waals surface area contributed by atoms with Crippen LogP contribution in [0.5, 0.6) is 0 Å². The molecule has 0 spiro atoms. The van der Waals surface area contributed by atoms with E-state index in [1.54, 1.807) is 19.1 Å². The van der Waals surface area contributed by atoms with Gasteiger partial charge >= 0.3 is 11.9 Å². The minimum Gasteiger partial charge on any atom is -0.481 e. The third-order valence-corrected chi connectivity index (χ3v) is 4.55. The van der Waals surface area contributed by atoms with Gasteiger partial charge in [0.2, 0.25) is 0 Å². The number of esters is 1. The van der Waals surface area contributed by atoms with E-state index in [2.05, 4.69) is 20.8 Å². The summed E-state index contributed by atoms with van der Waals surface area (Å²) in [5.41, 5.74) is 0.652. The first-order chi connectivity index (χ1) is 13.5. The van der Waals surface area contributed by atoms with Gasteiger partial charge < -0.3 is 9.84 Å². The van der Waals surface area contributed by atoms with Crippen LogP contribution < -0.4 is 5.32 Å². The van der Waals surface area contributed by atoms with Crippen molar-refractivity contribution >= 4 is 11.9 Å². The number of aliphatic carboxylic acids is 1. The summed E-state index contributed by atoms with van der Waals surface area (Å²) >= 11 is 0. The van der Waals surface area contributed by atoms with Crippen molar-refractivity contribution in [3.05, 3.63) is 41.5 Å². The number of hydrogen-bond acceptors (Lipinski definition) is 7. The van der Waals surface area contributed by atoms with E-state index in [-0.39, 0.29) is 31.5 Å². The van der Waals surface area contributed by atoms with E-state index in [9.17, 15) is 19.1 Å². The largest absolute Gasteiger partial charge is 0.481 e. The van der Waals surface area contributed by atoms with Gasteiger partial charge in [0, 0.05) is 6.04 Å². The Labute approximate surface area is 160 Å². The number of nitrogens with one attached hydrogen (secondary N) is 1. The van der Waals surface area contributed by atoms with E-state index in [0.29, 0.717) is 11.4 Å². The molecule has 1 aliphatic carbocycles. The molecule has 0 saturated heterocycles. The first kappa shape index (κ1) is 19.9. The summed E-state index contributed by atoms with van der Waals surface area (Å²) in [4.78, 5) is 23.2. The maximum absolute atomic E-state index is 13.3. The number of carboxylic acid groups (broad SMARTS) is 1. The maximum atomic E-state index is 13.3. The van der Waals surface area contributed by atoms with Gasteiger partial charge in [-0.1, -0.05) is 12.1 Å². The number of tetrazole rings is 1. The van der Waals surface area contributed by atoms with Crippen LogP contribution in [0.25, 0.3) is 0 Å². The van der Waals surface area contributed by atoms with Crippen LogP contribution in [0.15, 0.2) is 24.3 Å². The van der Waals surface area contributed by atoms with Gasteiger partial charge in [0.15, 0.2) is 5.82 Å². The Morgan fingerprint density at radius 3 is 2.68 bits per heavy atom. The zero-order valence-electron chi connectivity index (χ0n) is 15.4. The zero-order chi connectivity index (χ0) is 20.1. The van der Waals surface area contributed by atoms with Crippen LogP contribution >= 0.6 is 0 Å². The summed E-state index contributed by atoms with van der Waals surface area (Å²) in [5.74, 6) is -1.15. The highest BCUT2D eigenvalue weighted by Crippen LogP contribution is 2.41. The Bertz CT molecular complexity index is 822. The molecule has 0 aliphatic heterocycles. The predicted octanol–water partition coefficient (Wildman–Crippen LogP) is 1.63. The Morgan fingerprint density at radius 2 is 2.07 bits per heavy atom. The molecular weight excluding hydrogens is 369 g/mol. The molecule has 2 aromatic rings. The molecule has 10 heteroatoms. The fourth-order valence-corrected chi connectivity index (χ4v) is 3.09. The van der Waals surface area contributed by atoms with Crippen molar-refractivity contribution in [2.75, 3.05) is 6.61 Å². The molecule has 1 heterocycles. The number of carbonyl (C=O) groups is 2. The first-order valence-electron chi connectivity index (χ1n) is 9.13. The van der Waals surface area contributed by atoms with Gasteiger partial charge in [-0.2, -0.15) is 0 Å². The second-order valence-corrected chi connectivity index (χ2v) is 6.68. The van der Waals surface area contributed by atoms with E-state index in [0.717, 1.165) is 12.8 Å². The number of halogens is 1. The maximum Gasteiger partial charge on any atom is 0.327 e. The number of aromatic nitrogens is 4. The second kappa shape index (κ2) is 8.87. The Hall–Kier alpha value is -2.88. The van der Waals surface area contributed by atoms with Gasteiger partial charge in [-0.25, -0.2) is 9.07 Å². The molecule has 3 rings (SSSR count). The molecule has 1 aliphatic rings. The number of carbonyl (C=O) groups excluding carboxylic acids is 1. The summed E-state index contributed by atoms with van der Waals surface area (Å²) in [6.07, 6.45) is 1.69. The average molecular weight is 391 g/mol. The molecule has 1 saturated carbocycles. The molecule has 2 atom stereocenters. The van der Waals surface area contributed by atoms with E-state index in [1.165, 1.54) is 16.8 Å². The zero-order valence-corrected chi connectivity index (χ0v) is 15.4. The van der Waals surface area contributed by atoms with Crippen molar-refractivity contribution in [3.63, 3.8) is 0 Å². The molecule has 2 N–H and O–H groups in total. The lowest BCUT2D eigenvalue weighted by Gasteiger charge is -2.24. The molecule has 1 fully saturated rings. The highest BCUT2D eigenvalue weighted by atomic mass is 19.1. The Kier molecular flexibility index (Phi) is 6.30. The summed E-state index contributed by atoms with van der Waals surface area (Å²) in [5, 5.41) is 24.2. The standard InChI is InChI=1S/C18H22FN5O4/c1-2-28-16(27)10-24-18(21-22-23-24)17(12-3-4-12)20-14(9-15(25)26)11-5-7-13(19)8-6-11/h5-8,12,14,17,20H,2-4,9-10H2,1H3,(H,25,26). The lowest BCUT2D eigenvalue weighted by Crippen LogP contribution is -2.32. The van der Waals surface area contributed by atoms with Crippen molar-refractivity contribution in [2.45, 2.75) is 44.8 Å². The molecule has 9 nitrogen and oxygen atoms in total. The van der Waals surface area contributed by atoms with Crippen LogP contribution in [0.1, 0.15) is 49.7 Å². The van der Waals surface area contributed by atoms with Crippen LogP contribution in [0, 0.1) is 11.7 Å². The highest BCUT2D eigenvalue weighted by molar-refractivity contribution is 5.69. The molecule has 0 radical (unpaired) electrons.